The first-order valence-corrected chi connectivity index (χ1v) is 6.62. The van der Waals surface area contributed by atoms with Crippen LogP contribution in [0.15, 0.2) is 0 Å². The van der Waals surface area contributed by atoms with Crippen molar-refractivity contribution in [3.05, 3.63) is 0 Å². The highest BCUT2D eigenvalue weighted by Gasteiger charge is 2.26. The van der Waals surface area contributed by atoms with Crippen LogP contribution < -0.4 is 5.32 Å². The molecule has 0 bridgehead atoms. The van der Waals surface area contributed by atoms with Crippen LogP contribution in [-0.2, 0) is 4.74 Å². The van der Waals surface area contributed by atoms with Crippen molar-refractivity contribution in [3.8, 4) is 0 Å². The largest absolute Gasteiger partial charge is 0.381 e. The van der Waals surface area contributed by atoms with Crippen molar-refractivity contribution in [2.75, 3.05) is 19.8 Å². The molecular weight excluding hydrogens is 186 g/mol. The van der Waals surface area contributed by atoms with E-state index < -0.39 is 0 Å². The highest BCUT2D eigenvalue weighted by atomic mass is 16.5. The van der Waals surface area contributed by atoms with E-state index in [0.29, 0.717) is 6.04 Å². The average molecular weight is 213 g/mol. The lowest BCUT2D eigenvalue weighted by Gasteiger charge is -2.27. The molecule has 0 saturated carbocycles. The number of rotatable bonds is 7. The zero-order valence-corrected chi connectivity index (χ0v) is 10.6. The molecule has 0 radical (unpaired) electrons. The van der Waals surface area contributed by atoms with Crippen molar-refractivity contribution in [3.63, 3.8) is 0 Å². The SMILES string of the molecule is CCNC(CC(CC)CC)C1CCOC1. The van der Waals surface area contributed by atoms with Crippen LogP contribution in [-0.4, -0.2) is 25.8 Å². The molecule has 0 aliphatic carbocycles. The maximum Gasteiger partial charge on any atom is 0.0510 e. The van der Waals surface area contributed by atoms with Crippen molar-refractivity contribution >= 4 is 0 Å². The Balaban J connectivity index is 2.40. The molecule has 90 valence electrons. The molecule has 1 aliphatic heterocycles. The van der Waals surface area contributed by atoms with Gasteiger partial charge in [0.25, 0.3) is 0 Å². The number of hydrogen-bond donors (Lipinski definition) is 1. The van der Waals surface area contributed by atoms with Gasteiger partial charge in [-0.25, -0.2) is 0 Å². The Bertz CT molecular complexity index is 151. The second-order valence-electron chi connectivity index (χ2n) is 4.71. The Morgan fingerprint density at radius 2 is 2.00 bits per heavy atom. The van der Waals surface area contributed by atoms with Gasteiger partial charge < -0.3 is 10.1 Å². The first-order valence-electron chi connectivity index (χ1n) is 6.62. The molecule has 1 fully saturated rings. The average Bonchev–Trinajstić information content (AvgIpc) is 2.77. The standard InChI is InChI=1S/C13H27NO/c1-4-11(5-2)9-13(14-6-3)12-7-8-15-10-12/h11-14H,4-10H2,1-3H3. The molecule has 2 atom stereocenters. The van der Waals surface area contributed by atoms with Crippen molar-refractivity contribution in [1.82, 2.24) is 5.32 Å². The minimum absolute atomic E-state index is 0.683. The molecule has 1 heterocycles. The monoisotopic (exact) mass is 213 g/mol. The van der Waals surface area contributed by atoms with Gasteiger partial charge in [-0.3, -0.25) is 0 Å². The third-order valence-electron chi connectivity index (χ3n) is 3.74. The summed E-state index contributed by atoms with van der Waals surface area (Å²) in [4.78, 5) is 0. The quantitative estimate of drug-likeness (QED) is 0.702. The van der Waals surface area contributed by atoms with Gasteiger partial charge in [-0.2, -0.15) is 0 Å². The molecule has 0 amide bonds. The zero-order valence-electron chi connectivity index (χ0n) is 10.6. The van der Waals surface area contributed by atoms with E-state index >= 15 is 0 Å². The number of nitrogens with one attached hydrogen (secondary N) is 1. The van der Waals surface area contributed by atoms with Gasteiger partial charge in [0.15, 0.2) is 0 Å². The fourth-order valence-corrected chi connectivity index (χ4v) is 2.56. The van der Waals surface area contributed by atoms with Gasteiger partial charge in [-0.15, -0.1) is 0 Å². The van der Waals surface area contributed by atoms with E-state index in [0.717, 1.165) is 31.6 Å². The minimum Gasteiger partial charge on any atom is -0.381 e. The first-order chi connectivity index (χ1) is 7.31. The van der Waals surface area contributed by atoms with Crippen molar-refractivity contribution in [2.24, 2.45) is 11.8 Å². The molecule has 0 aromatic heterocycles. The third-order valence-corrected chi connectivity index (χ3v) is 3.74. The molecule has 0 aromatic carbocycles. The van der Waals surface area contributed by atoms with Gasteiger partial charge in [0, 0.05) is 12.6 Å². The summed E-state index contributed by atoms with van der Waals surface area (Å²) in [7, 11) is 0. The van der Waals surface area contributed by atoms with E-state index in [1.807, 2.05) is 0 Å². The van der Waals surface area contributed by atoms with Gasteiger partial charge in [-0.05, 0) is 31.2 Å². The van der Waals surface area contributed by atoms with E-state index in [1.165, 1.54) is 25.7 Å². The van der Waals surface area contributed by atoms with Gasteiger partial charge in [0.05, 0.1) is 6.61 Å². The lowest BCUT2D eigenvalue weighted by atomic mass is 9.87. The summed E-state index contributed by atoms with van der Waals surface area (Å²) >= 11 is 0. The summed E-state index contributed by atoms with van der Waals surface area (Å²) in [6.07, 6.45) is 5.20. The van der Waals surface area contributed by atoms with Crippen LogP contribution in [0.25, 0.3) is 0 Å². The van der Waals surface area contributed by atoms with Crippen LogP contribution in [0.5, 0.6) is 0 Å². The Hall–Kier alpha value is -0.0800. The predicted octanol–water partition coefficient (Wildman–Crippen LogP) is 2.83. The molecule has 1 N–H and O–H groups in total. The Labute approximate surface area is 94.8 Å². The minimum atomic E-state index is 0.683. The smallest absolute Gasteiger partial charge is 0.0510 e. The summed E-state index contributed by atoms with van der Waals surface area (Å²) < 4.78 is 5.49. The molecule has 15 heavy (non-hydrogen) atoms. The van der Waals surface area contributed by atoms with Crippen LogP contribution in [0.2, 0.25) is 0 Å². The lowest BCUT2D eigenvalue weighted by molar-refractivity contribution is 0.171. The summed E-state index contributed by atoms with van der Waals surface area (Å²) in [5, 5.41) is 3.64. The van der Waals surface area contributed by atoms with Gasteiger partial charge >= 0.3 is 0 Å². The molecule has 2 heteroatoms. The Morgan fingerprint density at radius 3 is 2.47 bits per heavy atom. The second-order valence-corrected chi connectivity index (χ2v) is 4.71. The van der Waals surface area contributed by atoms with E-state index in [4.69, 9.17) is 4.74 Å². The highest BCUT2D eigenvalue weighted by Crippen LogP contribution is 2.24. The maximum absolute atomic E-state index is 5.49. The van der Waals surface area contributed by atoms with E-state index in [-0.39, 0.29) is 0 Å². The molecule has 1 rings (SSSR count). The predicted molar refractivity (Wildman–Crippen MR) is 65.1 cm³/mol. The third kappa shape index (κ3) is 4.12. The summed E-state index contributed by atoms with van der Waals surface area (Å²) in [5.41, 5.74) is 0. The van der Waals surface area contributed by atoms with Crippen molar-refractivity contribution in [2.45, 2.75) is 52.5 Å². The lowest BCUT2D eigenvalue weighted by Crippen LogP contribution is -2.38. The van der Waals surface area contributed by atoms with E-state index in [1.54, 1.807) is 0 Å². The van der Waals surface area contributed by atoms with Crippen molar-refractivity contribution < 1.29 is 4.74 Å². The van der Waals surface area contributed by atoms with Gasteiger partial charge in [0.1, 0.15) is 0 Å². The maximum atomic E-state index is 5.49. The fraction of sp³-hybridized carbons (Fsp3) is 1.00. The normalized spacial score (nSPS) is 23.6. The van der Waals surface area contributed by atoms with Crippen molar-refractivity contribution in [1.29, 1.82) is 0 Å². The van der Waals surface area contributed by atoms with E-state index in [2.05, 4.69) is 26.1 Å². The molecule has 0 aromatic rings. The van der Waals surface area contributed by atoms with Gasteiger partial charge in [-0.1, -0.05) is 33.6 Å². The van der Waals surface area contributed by atoms with Crippen LogP contribution in [0.3, 0.4) is 0 Å². The molecule has 2 unspecified atom stereocenters. The van der Waals surface area contributed by atoms with Gasteiger partial charge in [0.2, 0.25) is 0 Å². The Kier molecular flexibility index (Phi) is 6.26. The van der Waals surface area contributed by atoms with Crippen LogP contribution in [0.1, 0.15) is 46.5 Å². The number of hydrogen-bond acceptors (Lipinski definition) is 2. The molecule has 1 aliphatic rings. The highest BCUT2D eigenvalue weighted by molar-refractivity contribution is 4.81. The van der Waals surface area contributed by atoms with E-state index in [9.17, 15) is 0 Å². The molecule has 1 saturated heterocycles. The summed E-state index contributed by atoms with van der Waals surface area (Å²) in [5.74, 6) is 1.64. The topological polar surface area (TPSA) is 21.3 Å². The molecule has 0 spiro atoms. The van der Waals surface area contributed by atoms with Crippen LogP contribution >= 0.6 is 0 Å². The Morgan fingerprint density at radius 1 is 1.27 bits per heavy atom. The fourth-order valence-electron chi connectivity index (χ4n) is 2.56. The van der Waals surface area contributed by atoms with Crippen LogP contribution in [0.4, 0.5) is 0 Å². The number of ether oxygens (including phenoxy) is 1. The summed E-state index contributed by atoms with van der Waals surface area (Å²) in [6, 6.07) is 0.683. The second kappa shape index (κ2) is 7.24. The summed E-state index contributed by atoms with van der Waals surface area (Å²) in [6.45, 7) is 9.84. The van der Waals surface area contributed by atoms with Crippen LogP contribution in [0, 0.1) is 11.8 Å². The molecule has 2 nitrogen and oxygen atoms in total. The first kappa shape index (κ1) is 13.0. The zero-order chi connectivity index (χ0) is 11.1. The molecular formula is C13H27NO.